The van der Waals surface area contributed by atoms with Gasteiger partial charge in [-0.2, -0.15) is 0 Å². The van der Waals surface area contributed by atoms with Crippen molar-refractivity contribution in [2.75, 3.05) is 13.1 Å². The second-order valence-corrected chi connectivity index (χ2v) is 12.6. The fraction of sp³-hybridized carbons (Fsp3) is 0.371. The van der Waals surface area contributed by atoms with Gasteiger partial charge in [0.2, 0.25) is 0 Å². The number of likely N-dealkylation sites (tertiary alicyclic amines) is 1. The standard InChI is InChI=1S/C35H37ClFN3O2/c1-24-8-6-13-30(37)29(24)23-39-31-14-15-35(16-18-38(19-17-35)22-26-9-7-12-28(36)20-26)32(31)33(41)40(34(39)42)21-25(2)27-10-4-3-5-11-27/h3-13,20,25H,14-19,21-23H2,1-2H3/t25-/m0/s1. The van der Waals surface area contributed by atoms with Gasteiger partial charge in [-0.15, -0.1) is 0 Å². The average molecular weight is 586 g/mol. The molecule has 1 fully saturated rings. The zero-order valence-electron chi connectivity index (χ0n) is 24.3. The number of benzene rings is 3. The highest BCUT2D eigenvalue weighted by Gasteiger charge is 2.45. The van der Waals surface area contributed by atoms with Crippen LogP contribution >= 0.6 is 11.6 Å². The van der Waals surface area contributed by atoms with Crippen molar-refractivity contribution in [2.24, 2.45) is 0 Å². The molecule has 0 bridgehead atoms. The van der Waals surface area contributed by atoms with E-state index >= 15 is 4.39 Å². The van der Waals surface area contributed by atoms with E-state index in [1.54, 1.807) is 10.6 Å². The van der Waals surface area contributed by atoms with Crippen molar-refractivity contribution in [3.05, 3.63) is 138 Å². The highest BCUT2D eigenvalue weighted by atomic mass is 35.5. The minimum Gasteiger partial charge on any atom is -0.299 e. The third-order valence-corrected chi connectivity index (χ3v) is 9.74. The molecule has 7 heteroatoms. The maximum Gasteiger partial charge on any atom is 0.331 e. The summed E-state index contributed by atoms with van der Waals surface area (Å²) in [4.78, 5) is 30.8. The van der Waals surface area contributed by atoms with Gasteiger partial charge < -0.3 is 0 Å². The van der Waals surface area contributed by atoms with Crippen molar-refractivity contribution in [3.63, 3.8) is 0 Å². The quantitative estimate of drug-likeness (QED) is 0.251. The van der Waals surface area contributed by atoms with Crippen molar-refractivity contribution >= 4 is 11.6 Å². The second-order valence-electron chi connectivity index (χ2n) is 12.1. The SMILES string of the molecule is Cc1cccc(F)c1Cn1c2c(c(=O)n(C[C@H](C)c3ccccc3)c1=O)C1(CC2)CCN(Cc2cccc(Cl)c2)CC1. The number of hydrogen-bond acceptors (Lipinski definition) is 3. The van der Waals surface area contributed by atoms with Gasteiger partial charge in [0.1, 0.15) is 5.82 Å². The first-order valence-corrected chi connectivity index (χ1v) is 15.3. The number of nitrogens with zero attached hydrogens (tertiary/aromatic N) is 3. The van der Waals surface area contributed by atoms with Gasteiger partial charge in [0, 0.05) is 40.3 Å². The van der Waals surface area contributed by atoms with Gasteiger partial charge in [-0.1, -0.05) is 73.1 Å². The van der Waals surface area contributed by atoms with Gasteiger partial charge in [-0.25, -0.2) is 9.18 Å². The highest BCUT2D eigenvalue weighted by molar-refractivity contribution is 6.30. The van der Waals surface area contributed by atoms with Crippen LogP contribution in [0.4, 0.5) is 4.39 Å². The first kappa shape index (κ1) is 28.6. The lowest BCUT2D eigenvalue weighted by molar-refractivity contribution is 0.151. The Kier molecular flexibility index (Phi) is 7.95. The number of fused-ring (bicyclic) bond motifs is 2. The molecular formula is C35H37ClFN3O2. The lowest BCUT2D eigenvalue weighted by Gasteiger charge is -2.40. The number of rotatable bonds is 7. The fourth-order valence-electron chi connectivity index (χ4n) is 7.06. The maximum absolute atomic E-state index is 15.0. The predicted octanol–water partition coefficient (Wildman–Crippen LogP) is 6.44. The number of hydrogen-bond donors (Lipinski definition) is 0. The molecule has 2 aliphatic rings. The molecule has 1 aromatic heterocycles. The van der Waals surface area contributed by atoms with Crippen molar-refractivity contribution < 1.29 is 4.39 Å². The summed E-state index contributed by atoms with van der Waals surface area (Å²) >= 11 is 6.22. The van der Waals surface area contributed by atoms with Crippen molar-refractivity contribution in [3.8, 4) is 0 Å². The van der Waals surface area contributed by atoms with Crippen molar-refractivity contribution in [1.82, 2.24) is 14.0 Å². The molecule has 3 aromatic carbocycles. The normalized spacial score (nSPS) is 17.0. The molecule has 1 spiro atoms. The molecule has 6 rings (SSSR count). The summed E-state index contributed by atoms with van der Waals surface area (Å²) in [5.41, 5.74) is 4.32. The Balaban J connectivity index is 1.39. The second kappa shape index (κ2) is 11.7. The lowest BCUT2D eigenvalue weighted by Crippen LogP contribution is -2.49. The van der Waals surface area contributed by atoms with Gasteiger partial charge in [0.25, 0.3) is 5.56 Å². The van der Waals surface area contributed by atoms with E-state index in [-0.39, 0.29) is 41.5 Å². The zero-order valence-corrected chi connectivity index (χ0v) is 25.0. The molecule has 4 aromatic rings. The zero-order chi connectivity index (χ0) is 29.4. The van der Waals surface area contributed by atoms with E-state index in [1.807, 2.05) is 68.4 Å². The van der Waals surface area contributed by atoms with Crippen LogP contribution in [0.3, 0.4) is 0 Å². The number of aryl methyl sites for hydroxylation is 1. The first-order chi connectivity index (χ1) is 20.3. The van der Waals surface area contributed by atoms with Gasteiger partial charge >= 0.3 is 5.69 Å². The molecule has 2 heterocycles. The lowest BCUT2D eigenvalue weighted by atomic mass is 9.74. The summed E-state index contributed by atoms with van der Waals surface area (Å²) in [7, 11) is 0. The van der Waals surface area contributed by atoms with E-state index in [2.05, 4.69) is 11.0 Å². The molecule has 0 saturated carbocycles. The summed E-state index contributed by atoms with van der Waals surface area (Å²) in [6.45, 7) is 6.85. The molecule has 218 valence electrons. The Morgan fingerprint density at radius 1 is 0.905 bits per heavy atom. The Hall–Kier alpha value is -3.48. The molecule has 0 amide bonds. The predicted molar refractivity (Wildman–Crippen MR) is 166 cm³/mol. The molecule has 5 nitrogen and oxygen atoms in total. The summed E-state index contributed by atoms with van der Waals surface area (Å²) in [6.07, 6.45) is 3.18. The van der Waals surface area contributed by atoms with E-state index in [9.17, 15) is 9.59 Å². The molecule has 42 heavy (non-hydrogen) atoms. The summed E-state index contributed by atoms with van der Waals surface area (Å²) < 4.78 is 18.2. The number of halogens is 2. The van der Waals surface area contributed by atoms with Gasteiger partial charge in [-0.3, -0.25) is 18.8 Å². The van der Waals surface area contributed by atoms with Crippen LogP contribution in [0.2, 0.25) is 5.02 Å². The van der Waals surface area contributed by atoms with E-state index in [1.165, 1.54) is 16.2 Å². The number of aromatic nitrogens is 2. The molecule has 1 atom stereocenters. The average Bonchev–Trinajstić information content (AvgIpc) is 3.35. The molecule has 0 unspecified atom stereocenters. The van der Waals surface area contributed by atoms with Crippen LogP contribution in [0.25, 0.3) is 0 Å². The Bertz CT molecular complexity index is 1700. The first-order valence-electron chi connectivity index (χ1n) is 14.9. The molecule has 0 N–H and O–H groups in total. The largest absolute Gasteiger partial charge is 0.331 e. The molecule has 1 aliphatic heterocycles. The molecule has 1 saturated heterocycles. The van der Waals surface area contributed by atoms with E-state index in [4.69, 9.17) is 11.6 Å². The van der Waals surface area contributed by atoms with Crippen LogP contribution in [-0.4, -0.2) is 27.1 Å². The van der Waals surface area contributed by atoms with Crippen LogP contribution < -0.4 is 11.2 Å². The van der Waals surface area contributed by atoms with Gasteiger partial charge in [0.05, 0.1) is 6.54 Å². The molecule has 1 aliphatic carbocycles. The minimum atomic E-state index is -0.348. The van der Waals surface area contributed by atoms with Gasteiger partial charge in [-0.05, 0) is 86.5 Å². The maximum atomic E-state index is 15.0. The summed E-state index contributed by atoms with van der Waals surface area (Å²) in [5, 5.41) is 0.735. The van der Waals surface area contributed by atoms with Crippen LogP contribution in [0.15, 0.2) is 82.4 Å². The molecular weight excluding hydrogens is 549 g/mol. The highest BCUT2D eigenvalue weighted by Crippen LogP contribution is 2.44. The Morgan fingerprint density at radius 3 is 2.36 bits per heavy atom. The van der Waals surface area contributed by atoms with Crippen molar-refractivity contribution in [1.29, 1.82) is 0 Å². The third kappa shape index (κ3) is 5.38. The monoisotopic (exact) mass is 585 g/mol. The van der Waals surface area contributed by atoms with Crippen molar-refractivity contribution in [2.45, 2.75) is 70.5 Å². The number of piperidine rings is 1. The van der Waals surface area contributed by atoms with Crippen LogP contribution in [0, 0.1) is 12.7 Å². The van der Waals surface area contributed by atoms with E-state index < -0.39 is 0 Å². The Morgan fingerprint density at radius 2 is 1.64 bits per heavy atom. The molecule has 0 radical (unpaired) electrons. The van der Waals surface area contributed by atoms with Crippen LogP contribution in [0.5, 0.6) is 0 Å². The van der Waals surface area contributed by atoms with Crippen LogP contribution in [0.1, 0.15) is 65.6 Å². The third-order valence-electron chi connectivity index (χ3n) is 9.51. The Labute approximate surface area is 251 Å². The van der Waals surface area contributed by atoms with E-state index in [0.29, 0.717) is 12.0 Å². The van der Waals surface area contributed by atoms with Crippen LogP contribution in [-0.2, 0) is 31.5 Å². The van der Waals surface area contributed by atoms with Gasteiger partial charge in [0.15, 0.2) is 0 Å². The minimum absolute atomic E-state index is 0.0322. The smallest absolute Gasteiger partial charge is 0.299 e. The summed E-state index contributed by atoms with van der Waals surface area (Å²) in [6, 6.07) is 22.9. The van der Waals surface area contributed by atoms with E-state index in [0.717, 1.165) is 66.3 Å². The fourth-order valence-corrected chi connectivity index (χ4v) is 7.27. The topological polar surface area (TPSA) is 47.2 Å². The summed E-state index contributed by atoms with van der Waals surface area (Å²) in [5.74, 6) is -0.358.